The van der Waals surface area contributed by atoms with Crippen molar-refractivity contribution in [1.29, 1.82) is 0 Å². The molecule has 0 heterocycles. The van der Waals surface area contributed by atoms with Gasteiger partial charge in [-0.1, -0.05) is 12.2 Å². The van der Waals surface area contributed by atoms with Gasteiger partial charge in [0.25, 0.3) is 0 Å². The summed E-state index contributed by atoms with van der Waals surface area (Å²) >= 11 is 0. The molecule has 12 heavy (non-hydrogen) atoms. The average Bonchev–Trinajstić information content (AvgIpc) is 2.14. The molecule has 1 rings (SSSR count). The van der Waals surface area contributed by atoms with Crippen LogP contribution in [0.5, 0.6) is 0 Å². The predicted octanol–water partition coefficient (Wildman–Crippen LogP) is 1.58. The highest BCUT2D eigenvalue weighted by Crippen LogP contribution is 2.15. The monoisotopic (exact) mass is 169 g/mol. The summed E-state index contributed by atoms with van der Waals surface area (Å²) in [5.74, 6) is 0.760. The summed E-state index contributed by atoms with van der Waals surface area (Å²) in [5.41, 5.74) is 0. The number of rotatable bonds is 5. The molecular formula is C10H19NO. The molecule has 1 aliphatic carbocycles. The lowest BCUT2D eigenvalue weighted by atomic mass is 9.96. The summed E-state index contributed by atoms with van der Waals surface area (Å²) in [6.07, 6.45) is 8.60. The van der Waals surface area contributed by atoms with E-state index in [1.807, 2.05) is 0 Å². The van der Waals surface area contributed by atoms with E-state index in [2.05, 4.69) is 17.5 Å². The van der Waals surface area contributed by atoms with Crippen molar-refractivity contribution in [2.45, 2.75) is 19.3 Å². The van der Waals surface area contributed by atoms with Crippen molar-refractivity contribution in [2.75, 3.05) is 26.8 Å². The van der Waals surface area contributed by atoms with Crippen molar-refractivity contribution in [3.63, 3.8) is 0 Å². The van der Waals surface area contributed by atoms with Gasteiger partial charge in [0.05, 0.1) is 6.61 Å². The highest BCUT2D eigenvalue weighted by Gasteiger charge is 2.06. The molecule has 0 aliphatic heterocycles. The Morgan fingerprint density at radius 2 is 2.50 bits per heavy atom. The smallest absolute Gasteiger partial charge is 0.0587 e. The molecule has 0 spiro atoms. The number of allylic oxidation sites excluding steroid dienone is 1. The van der Waals surface area contributed by atoms with E-state index in [1.54, 1.807) is 7.11 Å². The maximum Gasteiger partial charge on any atom is 0.0587 e. The Balaban J connectivity index is 1.98. The van der Waals surface area contributed by atoms with Crippen LogP contribution in [0.2, 0.25) is 0 Å². The Hall–Kier alpha value is -0.340. The quantitative estimate of drug-likeness (QED) is 0.498. The topological polar surface area (TPSA) is 21.3 Å². The molecule has 2 nitrogen and oxygen atoms in total. The number of hydrogen-bond donors (Lipinski definition) is 1. The molecule has 0 fully saturated rings. The van der Waals surface area contributed by atoms with Gasteiger partial charge < -0.3 is 10.1 Å². The fourth-order valence-corrected chi connectivity index (χ4v) is 1.51. The van der Waals surface area contributed by atoms with Crippen LogP contribution in [0.15, 0.2) is 12.2 Å². The van der Waals surface area contributed by atoms with Crippen LogP contribution in [0.3, 0.4) is 0 Å². The number of ether oxygens (including phenoxy) is 1. The first-order chi connectivity index (χ1) is 5.93. The SMILES string of the molecule is COCCNCC1C=CCCC1. The van der Waals surface area contributed by atoms with Crippen LogP contribution < -0.4 is 5.32 Å². The Morgan fingerprint density at radius 3 is 3.17 bits per heavy atom. The van der Waals surface area contributed by atoms with E-state index in [1.165, 1.54) is 19.3 Å². The van der Waals surface area contributed by atoms with Gasteiger partial charge in [0, 0.05) is 20.2 Å². The molecule has 1 aliphatic rings. The van der Waals surface area contributed by atoms with Gasteiger partial charge in [0.2, 0.25) is 0 Å². The van der Waals surface area contributed by atoms with Gasteiger partial charge in [-0.25, -0.2) is 0 Å². The Labute approximate surface area is 75.0 Å². The molecule has 0 saturated heterocycles. The van der Waals surface area contributed by atoms with E-state index in [4.69, 9.17) is 4.74 Å². The summed E-state index contributed by atoms with van der Waals surface area (Å²) < 4.78 is 4.95. The molecule has 0 radical (unpaired) electrons. The van der Waals surface area contributed by atoms with E-state index < -0.39 is 0 Å². The van der Waals surface area contributed by atoms with E-state index in [9.17, 15) is 0 Å². The van der Waals surface area contributed by atoms with Crippen molar-refractivity contribution in [3.8, 4) is 0 Å². The first kappa shape index (κ1) is 9.75. The summed E-state index contributed by atoms with van der Waals surface area (Å²) in [5, 5.41) is 3.38. The largest absolute Gasteiger partial charge is 0.383 e. The molecule has 0 bridgehead atoms. The fourth-order valence-electron chi connectivity index (χ4n) is 1.51. The van der Waals surface area contributed by atoms with E-state index in [0.717, 1.165) is 25.6 Å². The van der Waals surface area contributed by atoms with E-state index in [-0.39, 0.29) is 0 Å². The zero-order chi connectivity index (χ0) is 8.65. The zero-order valence-corrected chi connectivity index (χ0v) is 7.88. The third-order valence-electron chi connectivity index (χ3n) is 2.24. The maximum absolute atomic E-state index is 4.95. The summed E-state index contributed by atoms with van der Waals surface area (Å²) in [7, 11) is 1.74. The molecule has 0 aromatic carbocycles. The first-order valence-electron chi connectivity index (χ1n) is 4.80. The normalized spacial score (nSPS) is 22.9. The highest BCUT2D eigenvalue weighted by atomic mass is 16.5. The standard InChI is InChI=1S/C10H19NO/c1-12-8-7-11-9-10-5-3-2-4-6-10/h3,5,10-11H,2,4,6-9H2,1H3. The van der Waals surface area contributed by atoms with Crippen LogP contribution in [0.25, 0.3) is 0 Å². The Bertz CT molecular complexity index is 134. The molecule has 70 valence electrons. The second kappa shape index (κ2) is 6.21. The van der Waals surface area contributed by atoms with Gasteiger partial charge in [0.1, 0.15) is 0 Å². The van der Waals surface area contributed by atoms with E-state index in [0.29, 0.717) is 0 Å². The fraction of sp³-hybridized carbons (Fsp3) is 0.800. The first-order valence-corrected chi connectivity index (χ1v) is 4.80. The van der Waals surface area contributed by atoms with Gasteiger partial charge >= 0.3 is 0 Å². The second-order valence-corrected chi connectivity index (χ2v) is 3.32. The molecule has 0 amide bonds. The molecule has 1 N–H and O–H groups in total. The van der Waals surface area contributed by atoms with Crippen LogP contribution in [0.4, 0.5) is 0 Å². The number of nitrogens with one attached hydrogen (secondary N) is 1. The van der Waals surface area contributed by atoms with Crippen LogP contribution in [0, 0.1) is 5.92 Å². The minimum absolute atomic E-state index is 0.760. The van der Waals surface area contributed by atoms with Gasteiger partial charge in [0.15, 0.2) is 0 Å². The summed E-state index contributed by atoms with van der Waals surface area (Å²) in [6, 6.07) is 0. The molecule has 1 atom stereocenters. The van der Waals surface area contributed by atoms with Gasteiger partial charge in [-0.2, -0.15) is 0 Å². The molecule has 0 aromatic rings. The molecular weight excluding hydrogens is 150 g/mol. The van der Waals surface area contributed by atoms with Crippen molar-refractivity contribution in [1.82, 2.24) is 5.32 Å². The minimum atomic E-state index is 0.760. The van der Waals surface area contributed by atoms with Crippen LogP contribution in [0.1, 0.15) is 19.3 Å². The lowest BCUT2D eigenvalue weighted by Gasteiger charge is -2.16. The average molecular weight is 169 g/mol. The van der Waals surface area contributed by atoms with Crippen molar-refractivity contribution in [2.24, 2.45) is 5.92 Å². The lowest BCUT2D eigenvalue weighted by molar-refractivity contribution is 0.198. The van der Waals surface area contributed by atoms with Crippen LogP contribution >= 0.6 is 0 Å². The van der Waals surface area contributed by atoms with Crippen molar-refractivity contribution in [3.05, 3.63) is 12.2 Å². The third-order valence-corrected chi connectivity index (χ3v) is 2.24. The summed E-state index contributed by atoms with van der Waals surface area (Å²) in [4.78, 5) is 0. The zero-order valence-electron chi connectivity index (χ0n) is 7.88. The number of hydrogen-bond acceptors (Lipinski definition) is 2. The molecule has 0 saturated carbocycles. The van der Waals surface area contributed by atoms with Gasteiger partial charge in [-0.15, -0.1) is 0 Å². The Kier molecular flexibility index (Phi) is 5.04. The van der Waals surface area contributed by atoms with E-state index >= 15 is 0 Å². The van der Waals surface area contributed by atoms with Gasteiger partial charge in [-0.05, 0) is 25.2 Å². The lowest BCUT2D eigenvalue weighted by Crippen LogP contribution is -2.25. The van der Waals surface area contributed by atoms with Crippen molar-refractivity contribution < 1.29 is 4.74 Å². The molecule has 2 heteroatoms. The van der Waals surface area contributed by atoms with Crippen LogP contribution in [-0.4, -0.2) is 26.8 Å². The Morgan fingerprint density at radius 1 is 1.58 bits per heavy atom. The van der Waals surface area contributed by atoms with Crippen LogP contribution in [-0.2, 0) is 4.74 Å². The minimum Gasteiger partial charge on any atom is -0.383 e. The predicted molar refractivity (Wildman–Crippen MR) is 51.2 cm³/mol. The van der Waals surface area contributed by atoms with Gasteiger partial charge in [-0.3, -0.25) is 0 Å². The summed E-state index contributed by atoms with van der Waals surface area (Å²) in [6.45, 7) is 2.90. The third kappa shape index (κ3) is 3.88. The van der Waals surface area contributed by atoms with Crippen molar-refractivity contribution >= 4 is 0 Å². The second-order valence-electron chi connectivity index (χ2n) is 3.32. The highest BCUT2D eigenvalue weighted by molar-refractivity contribution is 4.93. The maximum atomic E-state index is 4.95. The molecule has 0 aromatic heterocycles. The molecule has 1 unspecified atom stereocenters. The number of methoxy groups -OCH3 is 1.